The lowest BCUT2D eigenvalue weighted by Crippen LogP contribution is -2.38. The lowest BCUT2D eigenvalue weighted by molar-refractivity contribution is 0.247. The molecule has 5 nitrogen and oxygen atoms in total. The highest BCUT2D eigenvalue weighted by molar-refractivity contribution is 5.61. The minimum absolute atomic E-state index is 0.550. The molecule has 2 N–H and O–H groups in total. The van der Waals surface area contributed by atoms with E-state index in [1.807, 2.05) is 24.5 Å². The van der Waals surface area contributed by atoms with Crippen molar-refractivity contribution in [2.45, 2.75) is 32.9 Å². The molecule has 0 aliphatic rings. The van der Waals surface area contributed by atoms with E-state index < -0.39 is 0 Å². The molecular formula is C17H27N5. The lowest BCUT2D eigenvalue weighted by Gasteiger charge is -2.26. The molecule has 120 valence electrons. The SMILES string of the molecule is CC(C)C[C@H](CNCc1cn[nH]c1-c1cccnc1)N(C)C. The first-order chi connectivity index (χ1) is 10.6. The number of hydrogen-bond donors (Lipinski definition) is 2. The van der Waals surface area contributed by atoms with Gasteiger partial charge in [-0.25, -0.2) is 0 Å². The Hall–Kier alpha value is -1.72. The van der Waals surface area contributed by atoms with Gasteiger partial charge in [0, 0.05) is 42.7 Å². The standard InChI is InChI=1S/C17H27N5/c1-13(2)8-16(22(3)4)12-19-10-15-11-20-21-17(15)14-6-5-7-18-9-14/h5-7,9,11,13,16,19H,8,10,12H2,1-4H3,(H,20,21)/t16-/m1/s1. The van der Waals surface area contributed by atoms with Crippen molar-refractivity contribution < 1.29 is 0 Å². The van der Waals surface area contributed by atoms with E-state index in [-0.39, 0.29) is 0 Å². The topological polar surface area (TPSA) is 56.8 Å². The lowest BCUT2D eigenvalue weighted by atomic mass is 10.0. The molecule has 0 aliphatic heterocycles. The summed E-state index contributed by atoms with van der Waals surface area (Å²) in [4.78, 5) is 6.47. The van der Waals surface area contributed by atoms with E-state index in [4.69, 9.17) is 0 Å². The Bertz CT molecular complexity index is 547. The largest absolute Gasteiger partial charge is 0.311 e. The van der Waals surface area contributed by atoms with E-state index in [0.717, 1.165) is 24.3 Å². The number of nitrogens with zero attached hydrogens (tertiary/aromatic N) is 3. The van der Waals surface area contributed by atoms with Gasteiger partial charge in [0.15, 0.2) is 0 Å². The first kappa shape index (κ1) is 16.6. The summed E-state index contributed by atoms with van der Waals surface area (Å²) in [6.07, 6.45) is 6.73. The fourth-order valence-corrected chi connectivity index (χ4v) is 2.60. The van der Waals surface area contributed by atoms with Crippen molar-refractivity contribution >= 4 is 0 Å². The number of rotatable bonds is 8. The molecule has 2 heterocycles. The molecule has 0 amide bonds. The molecule has 2 rings (SSSR count). The zero-order valence-electron chi connectivity index (χ0n) is 14.0. The fourth-order valence-electron chi connectivity index (χ4n) is 2.60. The smallest absolute Gasteiger partial charge is 0.0710 e. The van der Waals surface area contributed by atoms with Gasteiger partial charge in [0.25, 0.3) is 0 Å². The van der Waals surface area contributed by atoms with Gasteiger partial charge in [-0.05, 0) is 38.6 Å². The maximum absolute atomic E-state index is 4.18. The Morgan fingerprint density at radius 3 is 2.73 bits per heavy atom. The molecule has 1 atom stereocenters. The van der Waals surface area contributed by atoms with Crippen molar-refractivity contribution in [3.05, 3.63) is 36.3 Å². The summed E-state index contributed by atoms with van der Waals surface area (Å²) >= 11 is 0. The molecule has 0 saturated carbocycles. The summed E-state index contributed by atoms with van der Waals surface area (Å²) in [6, 6.07) is 4.54. The summed E-state index contributed by atoms with van der Waals surface area (Å²) < 4.78 is 0. The van der Waals surface area contributed by atoms with Gasteiger partial charge in [-0.1, -0.05) is 13.8 Å². The Labute approximate surface area is 133 Å². The van der Waals surface area contributed by atoms with Gasteiger partial charge < -0.3 is 10.2 Å². The second-order valence-electron chi connectivity index (χ2n) is 6.39. The molecule has 0 bridgehead atoms. The Balaban J connectivity index is 1.94. The van der Waals surface area contributed by atoms with E-state index >= 15 is 0 Å². The molecule has 2 aromatic heterocycles. The third-order valence-electron chi connectivity index (χ3n) is 3.84. The van der Waals surface area contributed by atoms with Crippen molar-refractivity contribution in [1.82, 2.24) is 25.4 Å². The molecular weight excluding hydrogens is 274 g/mol. The summed E-state index contributed by atoms with van der Waals surface area (Å²) in [5.41, 5.74) is 3.30. The molecule has 2 aromatic rings. The van der Waals surface area contributed by atoms with E-state index in [2.05, 4.69) is 53.3 Å². The van der Waals surface area contributed by atoms with Crippen molar-refractivity contribution in [2.24, 2.45) is 5.92 Å². The van der Waals surface area contributed by atoms with E-state index in [9.17, 15) is 0 Å². The van der Waals surface area contributed by atoms with Crippen LogP contribution in [0.4, 0.5) is 0 Å². The van der Waals surface area contributed by atoms with Crippen LogP contribution in [0.1, 0.15) is 25.8 Å². The number of H-pyrrole nitrogens is 1. The second kappa shape index (κ2) is 8.06. The molecule has 0 spiro atoms. The normalized spacial score (nSPS) is 13.0. The Kier molecular flexibility index (Phi) is 6.10. The van der Waals surface area contributed by atoms with Crippen LogP contribution in [0.5, 0.6) is 0 Å². The van der Waals surface area contributed by atoms with Crippen LogP contribution < -0.4 is 5.32 Å². The van der Waals surface area contributed by atoms with Gasteiger partial charge in [0.05, 0.1) is 11.9 Å². The predicted molar refractivity (Wildman–Crippen MR) is 90.5 cm³/mol. The number of pyridine rings is 1. The Morgan fingerprint density at radius 1 is 1.27 bits per heavy atom. The van der Waals surface area contributed by atoms with Gasteiger partial charge in [0.1, 0.15) is 0 Å². The van der Waals surface area contributed by atoms with Gasteiger partial charge in [-0.3, -0.25) is 10.1 Å². The van der Waals surface area contributed by atoms with Gasteiger partial charge in [0.2, 0.25) is 0 Å². The van der Waals surface area contributed by atoms with Gasteiger partial charge in [-0.2, -0.15) is 5.10 Å². The van der Waals surface area contributed by atoms with Crippen LogP contribution in [0.3, 0.4) is 0 Å². The van der Waals surface area contributed by atoms with Crippen molar-refractivity contribution in [3.63, 3.8) is 0 Å². The van der Waals surface area contributed by atoms with Crippen LogP contribution in [-0.2, 0) is 6.54 Å². The maximum atomic E-state index is 4.18. The number of aromatic nitrogens is 3. The highest BCUT2D eigenvalue weighted by Crippen LogP contribution is 2.19. The number of aromatic amines is 1. The fraction of sp³-hybridized carbons (Fsp3) is 0.529. The average Bonchev–Trinajstić information content (AvgIpc) is 2.95. The first-order valence-corrected chi connectivity index (χ1v) is 7.87. The van der Waals surface area contributed by atoms with Crippen molar-refractivity contribution in [1.29, 1.82) is 0 Å². The quantitative estimate of drug-likeness (QED) is 0.787. The molecule has 0 aromatic carbocycles. The maximum Gasteiger partial charge on any atom is 0.0710 e. The first-order valence-electron chi connectivity index (χ1n) is 7.87. The molecule has 0 radical (unpaired) electrons. The third-order valence-corrected chi connectivity index (χ3v) is 3.84. The number of nitrogens with one attached hydrogen (secondary N) is 2. The van der Waals surface area contributed by atoms with E-state index in [1.54, 1.807) is 6.20 Å². The van der Waals surface area contributed by atoms with Crippen LogP contribution in [0.25, 0.3) is 11.3 Å². The van der Waals surface area contributed by atoms with E-state index in [1.165, 1.54) is 12.0 Å². The van der Waals surface area contributed by atoms with Gasteiger partial charge >= 0.3 is 0 Å². The van der Waals surface area contributed by atoms with Crippen molar-refractivity contribution in [3.8, 4) is 11.3 Å². The minimum atomic E-state index is 0.550. The monoisotopic (exact) mass is 301 g/mol. The van der Waals surface area contributed by atoms with Gasteiger partial charge in [-0.15, -0.1) is 0 Å². The van der Waals surface area contributed by atoms with Crippen LogP contribution in [0.2, 0.25) is 0 Å². The highest BCUT2D eigenvalue weighted by atomic mass is 15.1. The Morgan fingerprint density at radius 2 is 2.09 bits per heavy atom. The van der Waals surface area contributed by atoms with Crippen LogP contribution >= 0.6 is 0 Å². The molecule has 22 heavy (non-hydrogen) atoms. The molecule has 0 aliphatic carbocycles. The summed E-state index contributed by atoms with van der Waals surface area (Å²) in [7, 11) is 4.29. The number of likely N-dealkylation sites (N-methyl/N-ethyl adjacent to an activating group) is 1. The zero-order chi connectivity index (χ0) is 15.9. The zero-order valence-corrected chi connectivity index (χ0v) is 14.0. The number of hydrogen-bond acceptors (Lipinski definition) is 4. The van der Waals surface area contributed by atoms with Crippen LogP contribution in [0, 0.1) is 5.92 Å². The molecule has 0 unspecified atom stereocenters. The molecule has 5 heteroatoms. The summed E-state index contributed by atoms with van der Waals surface area (Å²) in [6.45, 7) is 6.33. The second-order valence-corrected chi connectivity index (χ2v) is 6.39. The molecule has 0 saturated heterocycles. The van der Waals surface area contributed by atoms with E-state index in [0.29, 0.717) is 12.0 Å². The minimum Gasteiger partial charge on any atom is -0.311 e. The van der Waals surface area contributed by atoms with Crippen LogP contribution in [-0.4, -0.2) is 46.8 Å². The predicted octanol–water partition coefficient (Wildman–Crippen LogP) is 2.54. The summed E-state index contributed by atoms with van der Waals surface area (Å²) in [5.74, 6) is 0.703. The van der Waals surface area contributed by atoms with Crippen molar-refractivity contribution in [2.75, 3.05) is 20.6 Å². The van der Waals surface area contributed by atoms with Crippen LogP contribution in [0.15, 0.2) is 30.7 Å². The average molecular weight is 301 g/mol. The highest BCUT2D eigenvalue weighted by Gasteiger charge is 2.14. The summed E-state index contributed by atoms with van der Waals surface area (Å²) in [5, 5.41) is 10.8. The molecule has 0 fully saturated rings. The third kappa shape index (κ3) is 4.64.